The van der Waals surface area contributed by atoms with Gasteiger partial charge in [-0.2, -0.15) is 0 Å². The van der Waals surface area contributed by atoms with Crippen molar-refractivity contribution in [3.63, 3.8) is 0 Å². The highest BCUT2D eigenvalue weighted by Crippen LogP contribution is 2.17. The van der Waals surface area contributed by atoms with Crippen LogP contribution < -0.4 is 10.2 Å². The Morgan fingerprint density at radius 3 is 2.50 bits per heavy atom. The number of aryl methyl sites for hydroxylation is 2. The molecule has 0 radical (unpaired) electrons. The zero-order chi connectivity index (χ0) is 16.9. The van der Waals surface area contributed by atoms with Gasteiger partial charge in [0.25, 0.3) is 0 Å². The molecule has 0 aliphatic carbocycles. The predicted octanol–water partition coefficient (Wildman–Crippen LogP) is 1.45. The lowest BCUT2D eigenvalue weighted by atomic mass is 10.3. The van der Waals surface area contributed by atoms with E-state index in [0.717, 1.165) is 55.3 Å². The minimum atomic E-state index is 0.770. The van der Waals surface area contributed by atoms with Crippen molar-refractivity contribution >= 4 is 23.2 Å². The first kappa shape index (κ1) is 16.6. The van der Waals surface area contributed by atoms with Crippen LogP contribution >= 0.6 is 11.3 Å². The van der Waals surface area contributed by atoms with E-state index < -0.39 is 0 Å². The minimum absolute atomic E-state index is 0.770. The van der Waals surface area contributed by atoms with Crippen molar-refractivity contribution in [2.75, 3.05) is 38.1 Å². The summed E-state index contributed by atoms with van der Waals surface area (Å²) in [4.78, 5) is 23.3. The smallest absolute Gasteiger partial charge is 0.225 e. The number of nitrogens with zero attached hydrogens (tertiary/aromatic N) is 6. The zero-order valence-electron chi connectivity index (χ0n) is 14.4. The molecule has 0 saturated carbocycles. The molecule has 1 fully saturated rings. The van der Waals surface area contributed by atoms with Gasteiger partial charge >= 0.3 is 0 Å². The van der Waals surface area contributed by atoms with Crippen molar-refractivity contribution in [2.45, 2.75) is 20.4 Å². The normalized spacial score (nSPS) is 15.7. The third-order valence-corrected chi connectivity index (χ3v) is 5.11. The first-order valence-corrected chi connectivity index (χ1v) is 8.89. The molecule has 0 atom stereocenters. The number of anilines is 1. The number of guanidine groups is 1. The monoisotopic (exact) mass is 345 g/mol. The van der Waals surface area contributed by atoms with Crippen LogP contribution in [0.25, 0.3) is 0 Å². The maximum Gasteiger partial charge on any atom is 0.225 e. The van der Waals surface area contributed by atoms with Crippen molar-refractivity contribution < 1.29 is 0 Å². The molecule has 0 aromatic carbocycles. The van der Waals surface area contributed by atoms with Crippen LogP contribution in [0.15, 0.2) is 23.5 Å². The van der Waals surface area contributed by atoms with Gasteiger partial charge in [-0.05, 0) is 19.9 Å². The lowest BCUT2D eigenvalue weighted by Crippen LogP contribution is -2.52. The molecule has 1 aliphatic rings. The highest BCUT2D eigenvalue weighted by molar-refractivity contribution is 7.11. The fourth-order valence-corrected chi connectivity index (χ4v) is 3.68. The van der Waals surface area contributed by atoms with Crippen LogP contribution in [0.4, 0.5) is 5.95 Å². The van der Waals surface area contributed by atoms with Gasteiger partial charge in [0.15, 0.2) is 5.96 Å². The van der Waals surface area contributed by atoms with Gasteiger partial charge in [-0.1, -0.05) is 0 Å². The highest BCUT2D eigenvalue weighted by atomic mass is 32.1. The molecular formula is C16H23N7S. The summed E-state index contributed by atoms with van der Waals surface area (Å²) in [6, 6.07) is 1.84. The Kier molecular flexibility index (Phi) is 5.24. The second-order valence-corrected chi connectivity index (χ2v) is 6.95. The van der Waals surface area contributed by atoms with Crippen molar-refractivity contribution in [3.05, 3.63) is 34.0 Å². The van der Waals surface area contributed by atoms with Gasteiger partial charge in [0, 0.05) is 50.5 Å². The molecule has 0 bridgehead atoms. The van der Waals surface area contributed by atoms with Crippen molar-refractivity contribution in [1.29, 1.82) is 0 Å². The Morgan fingerprint density at radius 2 is 1.92 bits per heavy atom. The number of piperazine rings is 1. The summed E-state index contributed by atoms with van der Waals surface area (Å²) >= 11 is 1.74. The predicted molar refractivity (Wildman–Crippen MR) is 97.6 cm³/mol. The summed E-state index contributed by atoms with van der Waals surface area (Å²) in [5.41, 5.74) is 1.10. The minimum Gasteiger partial charge on any atom is -0.351 e. The molecule has 3 heterocycles. The third-order valence-electron chi connectivity index (χ3n) is 4.03. The van der Waals surface area contributed by atoms with Crippen molar-refractivity contribution in [2.24, 2.45) is 4.99 Å². The van der Waals surface area contributed by atoms with E-state index in [9.17, 15) is 0 Å². The largest absolute Gasteiger partial charge is 0.351 e. The van der Waals surface area contributed by atoms with Crippen LogP contribution in [0, 0.1) is 13.8 Å². The lowest BCUT2D eigenvalue weighted by molar-refractivity contribution is 0.370. The second-order valence-electron chi connectivity index (χ2n) is 5.67. The molecule has 1 saturated heterocycles. The van der Waals surface area contributed by atoms with Crippen molar-refractivity contribution in [3.8, 4) is 0 Å². The van der Waals surface area contributed by atoms with Crippen LogP contribution in [0.1, 0.15) is 15.6 Å². The van der Waals surface area contributed by atoms with E-state index in [1.54, 1.807) is 23.7 Å². The quantitative estimate of drug-likeness (QED) is 0.671. The standard InChI is InChI=1S/C16H23N7S/c1-12-14(24-13(2)21-12)11-20-15(17-3)22-7-9-23(10-8-22)16-18-5-4-6-19-16/h4-6H,7-11H2,1-3H3,(H,17,20). The molecule has 128 valence electrons. The van der Waals surface area contributed by atoms with Gasteiger partial charge in [-0.25, -0.2) is 15.0 Å². The summed E-state index contributed by atoms with van der Waals surface area (Å²) in [5.74, 6) is 1.74. The van der Waals surface area contributed by atoms with Crippen LogP contribution in [-0.2, 0) is 6.54 Å². The molecule has 1 N–H and O–H groups in total. The fourth-order valence-electron chi connectivity index (χ4n) is 2.80. The number of aliphatic imine (C=N–C) groups is 1. The lowest BCUT2D eigenvalue weighted by Gasteiger charge is -2.36. The summed E-state index contributed by atoms with van der Waals surface area (Å²) in [5, 5.41) is 4.57. The van der Waals surface area contributed by atoms with Crippen LogP contribution in [0.2, 0.25) is 0 Å². The molecule has 1 aliphatic heterocycles. The van der Waals surface area contributed by atoms with Gasteiger partial charge in [0.2, 0.25) is 5.95 Å². The number of nitrogens with one attached hydrogen (secondary N) is 1. The van der Waals surface area contributed by atoms with Crippen LogP contribution in [0.5, 0.6) is 0 Å². The van der Waals surface area contributed by atoms with Crippen molar-refractivity contribution in [1.82, 2.24) is 25.2 Å². The Morgan fingerprint density at radius 1 is 1.21 bits per heavy atom. The molecule has 0 unspecified atom stereocenters. The van der Waals surface area contributed by atoms with E-state index in [2.05, 4.69) is 42.0 Å². The summed E-state index contributed by atoms with van der Waals surface area (Å²) in [7, 11) is 1.83. The van der Waals surface area contributed by atoms with E-state index in [1.807, 2.05) is 20.0 Å². The average Bonchev–Trinajstić information content (AvgIpc) is 2.94. The van der Waals surface area contributed by atoms with E-state index in [1.165, 1.54) is 4.88 Å². The molecule has 2 aromatic heterocycles. The van der Waals surface area contributed by atoms with Gasteiger partial charge in [0.1, 0.15) is 0 Å². The van der Waals surface area contributed by atoms with E-state index in [4.69, 9.17) is 0 Å². The Labute approximate surface area is 146 Å². The summed E-state index contributed by atoms with van der Waals surface area (Å²) in [6.45, 7) is 8.46. The first-order valence-electron chi connectivity index (χ1n) is 8.08. The number of rotatable bonds is 3. The van der Waals surface area contributed by atoms with Gasteiger partial charge in [-0.3, -0.25) is 4.99 Å². The first-order chi connectivity index (χ1) is 11.7. The Hall–Kier alpha value is -2.22. The van der Waals surface area contributed by atoms with E-state index in [-0.39, 0.29) is 0 Å². The third kappa shape index (κ3) is 3.81. The van der Waals surface area contributed by atoms with Gasteiger partial charge < -0.3 is 15.1 Å². The van der Waals surface area contributed by atoms with Gasteiger partial charge in [0.05, 0.1) is 17.2 Å². The molecule has 24 heavy (non-hydrogen) atoms. The Bertz CT molecular complexity index is 690. The second kappa shape index (κ2) is 7.57. The fraction of sp³-hybridized carbons (Fsp3) is 0.500. The molecular weight excluding hydrogens is 322 g/mol. The number of aromatic nitrogens is 3. The maximum absolute atomic E-state index is 4.48. The molecule has 3 rings (SSSR count). The van der Waals surface area contributed by atoms with Crippen LogP contribution in [0.3, 0.4) is 0 Å². The molecule has 2 aromatic rings. The van der Waals surface area contributed by atoms with Crippen LogP contribution in [-0.4, -0.2) is 59.0 Å². The summed E-state index contributed by atoms with van der Waals surface area (Å²) < 4.78 is 0. The zero-order valence-corrected chi connectivity index (χ0v) is 15.2. The molecule has 0 amide bonds. The topological polar surface area (TPSA) is 69.5 Å². The van der Waals surface area contributed by atoms with E-state index >= 15 is 0 Å². The number of hydrogen-bond donors (Lipinski definition) is 1. The van der Waals surface area contributed by atoms with Gasteiger partial charge in [-0.15, -0.1) is 11.3 Å². The molecule has 7 nitrogen and oxygen atoms in total. The van der Waals surface area contributed by atoms with E-state index in [0.29, 0.717) is 0 Å². The Balaban J connectivity index is 1.55. The summed E-state index contributed by atoms with van der Waals surface area (Å²) in [6.07, 6.45) is 3.57. The SMILES string of the molecule is CN=C(NCc1sc(C)nc1C)N1CCN(c2ncccn2)CC1. The average molecular weight is 345 g/mol. The number of thiazole rings is 1. The molecule has 8 heteroatoms. The highest BCUT2D eigenvalue weighted by Gasteiger charge is 2.21. The molecule has 0 spiro atoms. The number of hydrogen-bond acceptors (Lipinski definition) is 6. The maximum atomic E-state index is 4.48.